The van der Waals surface area contributed by atoms with E-state index in [-0.39, 0.29) is 6.10 Å². The first-order valence-electron chi connectivity index (χ1n) is 8.08. The first kappa shape index (κ1) is 19.8. The van der Waals surface area contributed by atoms with Gasteiger partial charge in [0.25, 0.3) is 0 Å². The Balaban J connectivity index is 3.11. The highest BCUT2D eigenvalue weighted by molar-refractivity contribution is 4.54. The minimum atomic E-state index is -0.178. The van der Waals surface area contributed by atoms with Crippen molar-refractivity contribution in [3.8, 4) is 0 Å². The molecule has 0 aromatic heterocycles. The van der Waals surface area contributed by atoms with Crippen LogP contribution in [0.1, 0.15) is 52.9 Å². The van der Waals surface area contributed by atoms with Crippen molar-refractivity contribution < 1.29 is 19.3 Å². The Kier molecular flexibility index (Phi) is 15.1. The van der Waals surface area contributed by atoms with Gasteiger partial charge in [0.15, 0.2) is 0 Å². The fraction of sp³-hybridized carbons (Fsp3) is 1.00. The molecule has 0 aromatic carbocycles. The topological polar surface area (TPSA) is 47.9 Å². The molecule has 0 radical (unpaired) electrons. The molecule has 0 aromatic rings. The summed E-state index contributed by atoms with van der Waals surface area (Å²) in [6, 6.07) is 0. The predicted octanol–water partition coefficient (Wildman–Crippen LogP) is 3.02. The Hall–Kier alpha value is -0.160. The largest absolute Gasteiger partial charge is 0.393 e. The average Bonchev–Trinajstić information content (AvgIpc) is 2.40. The van der Waals surface area contributed by atoms with Gasteiger partial charge in [-0.25, -0.2) is 0 Å². The molecule has 1 N–H and O–H groups in total. The van der Waals surface area contributed by atoms with Crippen LogP contribution in [0.5, 0.6) is 0 Å². The monoisotopic (exact) mass is 290 g/mol. The Morgan fingerprint density at radius 1 is 0.800 bits per heavy atom. The third-order valence-corrected chi connectivity index (χ3v) is 3.08. The van der Waals surface area contributed by atoms with Gasteiger partial charge in [0.2, 0.25) is 0 Å². The smallest absolute Gasteiger partial charge is 0.0512 e. The Morgan fingerprint density at radius 3 is 2.00 bits per heavy atom. The highest BCUT2D eigenvalue weighted by atomic mass is 16.5. The summed E-state index contributed by atoms with van der Waals surface area (Å²) in [5, 5.41) is 9.18. The molecule has 2 atom stereocenters. The number of ether oxygens (including phenoxy) is 3. The van der Waals surface area contributed by atoms with Crippen LogP contribution in [0, 0.1) is 5.92 Å². The van der Waals surface area contributed by atoms with Gasteiger partial charge in [0.1, 0.15) is 0 Å². The first-order valence-corrected chi connectivity index (χ1v) is 8.08. The first-order chi connectivity index (χ1) is 9.66. The van der Waals surface area contributed by atoms with Crippen molar-refractivity contribution in [1.82, 2.24) is 0 Å². The summed E-state index contributed by atoms with van der Waals surface area (Å²) in [7, 11) is 0. The SMILES string of the molecule is CCOCCCOCCCOCC(C)CCCC(C)O. The standard InChI is InChI=1S/C16H34O4/c1-4-18-10-6-11-19-12-7-13-20-14-15(2)8-5-9-16(3)17/h15-17H,4-14H2,1-3H3. The molecule has 0 bridgehead atoms. The Bertz CT molecular complexity index is 185. The number of aliphatic hydroxyl groups is 1. The molecule has 0 fully saturated rings. The van der Waals surface area contributed by atoms with Gasteiger partial charge in [-0.3, -0.25) is 0 Å². The van der Waals surface area contributed by atoms with Crippen LogP contribution in [0.4, 0.5) is 0 Å². The van der Waals surface area contributed by atoms with Crippen molar-refractivity contribution in [2.24, 2.45) is 5.92 Å². The van der Waals surface area contributed by atoms with E-state index < -0.39 is 0 Å². The molecular weight excluding hydrogens is 256 g/mol. The zero-order chi connectivity index (χ0) is 15.1. The molecule has 0 aliphatic carbocycles. The van der Waals surface area contributed by atoms with E-state index >= 15 is 0 Å². The number of hydrogen-bond donors (Lipinski definition) is 1. The fourth-order valence-corrected chi connectivity index (χ4v) is 1.90. The lowest BCUT2D eigenvalue weighted by Crippen LogP contribution is -2.10. The summed E-state index contributed by atoms with van der Waals surface area (Å²) in [6.45, 7) is 10.7. The maximum absolute atomic E-state index is 9.18. The summed E-state index contributed by atoms with van der Waals surface area (Å²) in [5.41, 5.74) is 0. The minimum absolute atomic E-state index is 0.178. The van der Waals surface area contributed by atoms with E-state index in [1.165, 1.54) is 0 Å². The second-order valence-electron chi connectivity index (χ2n) is 5.48. The second-order valence-corrected chi connectivity index (χ2v) is 5.48. The van der Waals surface area contributed by atoms with Gasteiger partial charge in [-0.05, 0) is 45.4 Å². The lowest BCUT2D eigenvalue weighted by molar-refractivity contribution is 0.0559. The van der Waals surface area contributed by atoms with E-state index in [1.54, 1.807) is 0 Å². The molecule has 0 spiro atoms. The van der Waals surface area contributed by atoms with Gasteiger partial charge < -0.3 is 19.3 Å². The van der Waals surface area contributed by atoms with Crippen molar-refractivity contribution in [2.45, 2.75) is 59.0 Å². The van der Waals surface area contributed by atoms with Crippen molar-refractivity contribution in [2.75, 3.05) is 39.6 Å². The van der Waals surface area contributed by atoms with Crippen LogP contribution < -0.4 is 0 Å². The average molecular weight is 290 g/mol. The van der Waals surface area contributed by atoms with Crippen LogP contribution in [0.25, 0.3) is 0 Å². The van der Waals surface area contributed by atoms with Crippen molar-refractivity contribution in [1.29, 1.82) is 0 Å². The Labute approximate surface area is 124 Å². The summed E-state index contributed by atoms with van der Waals surface area (Å²) in [4.78, 5) is 0. The number of aliphatic hydroxyl groups excluding tert-OH is 1. The predicted molar refractivity (Wildman–Crippen MR) is 82.1 cm³/mol. The molecule has 0 rings (SSSR count). The molecule has 20 heavy (non-hydrogen) atoms. The molecule has 0 aliphatic rings. The molecule has 122 valence electrons. The maximum Gasteiger partial charge on any atom is 0.0512 e. The maximum atomic E-state index is 9.18. The summed E-state index contributed by atoms with van der Waals surface area (Å²) in [6.07, 6.45) is 4.83. The van der Waals surface area contributed by atoms with Crippen LogP contribution >= 0.6 is 0 Å². The normalized spacial score (nSPS) is 14.4. The lowest BCUT2D eigenvalue weighted by Gasteiger charge is -2.12. The fourth-order valence-electron chi connectivity index (χ4n) is 1.90. The molecule has 0 heterocycles. The van der Waals surface area contributed by atoms with Gasteiger partial charge in [-0.2, -0.15) is 0 Å². The highest BCUT2D eigenvalue weighted by Crippen LogP contribution is 2.09. The van der Waals surface area contributed by atoms with E-state index in [1.807, 2.05) is 13.8 Å². The molecule has 4 heteroatoms. The third-order valence-electron chi connectivity index (χ3n) is 3.08. The summed E-state index contributed by atoms with van der Waals surface area (Å²) < 4.78 is 16.4. The minimum Gasteiger partial charge on any atom is -0.393 e. The van der Waals surface area contributed by atoms with E-state index in [9.17, 15) is 5.11 Å². The molecule has 0 saturated heterocycles. The van der Waals surface area contributed by atoms with Crippen LogP contribution in [-0.4, -0.2) is 50.9 Å². The zero-order valence-corrected chi connectivity index (χ0v) is 13.6. The van der Waals surface area contributed by atoms with Crippen LogP contribution in [0.3, 0.4) is 0 Å². The van der Waals surface area contributed by atoms with Crippen LogP contribution in [0.2, 0.25) is 0 Å². The van der Waals surface area contributed by atoms with Gasteiger partial charge in [0, 0.05) is 39.6 Å². The highest BCUT2D eigenvalue weighted by Gasteiger charge is 2.03. The Morgan fingerprint density at radius 2 is 1.40 bits per heavy atom. The molecule has 2 unspecified atom stereocenters. The molecule has 4 nitrogen and oxygen atoms in total. The molecule has 0 amide bonds. The molecular formula is C16H34O4. The van der Waals surface area contributed by atoms with Crippen molar-refractivity contribution in [3.63, 3.8) is 0 Å². The van der Waals surface area contributed by atoms with Gasteiger partial charge in [0.05, 0.1) is 6.10 Å². The van der Waals surface area contributed by atoms with Crippen LogP contribution in [-0.2, 0) is 14.2 Å². The van der Waals surface area contributed by atoms with E-state index in [4.69, 9.17) is 14.2 Å². The van der Waals surface area contributed by atoms with Gasteiger partial charge in [-0.1, -0.05) is 13.3 Å². The van der Waals surface area contributed by atoms with E-state index in [0.29, 0.717) is 5.92 Å². The van der Waals surface area contributed by atoms with Gasteiger partial charge >= 0.3 is 0 Å². The third kappa shape index (κ3) is 15.9. The quantitative estimate of drug-likeness (QED) is 0.471. The molecule has 0 aliphatic heterocycles. The summed E-state index contributed by atoms with van der Waals surface area (Å²) in [5.74, 6) is 0.570. The molecule has 0 saturated carbocycles. The van der Waals surface area contributed by atoms with E-state index in [0.717, 1.165) is 71.7 Å². The van der Waals surface area contributed by atoms with Crippen molar-refractivity contribution in [3.05, 3.63) is 0 Å². The second kappa shape index (κ2) is 15.2. The van der Waals surface area contributed by atoms with Gasteiger partial charge in [-0.15, -0.1) is 0 Å². The lowest BCUT2D eigenvalue weighted by atomic mass is 10.0. The van der Waals surface area contributed by atoms with Crippen LogP contribution in [0.15, 0.2) is 0 Å². The van der Waals surface area contributed by atoms with E-state index in [2.05, 4.69) is 6.92 Å². The number of hydrogen-bond acceptors (Lipinski definition) is 4. The van der Waals surface area contributed by atoms with Crippen molar-refractivity contribution >= 4 is 0 Å². The zero-order valence-electron chi connectivity index (χ0n) is 13.6. The number of rotatable bonds is 15. The summed E-state index contributed by atoms with van der Waals surface area (Å²) >= 11 is 0.